The lowest BCUT2D eigenvalue weighted by Crippen LogP contribution is -2.57. The highest BCUT2D eigenvalue weighted by molar-refractivity contribution is 7.18. The third-order valence-corrected chi connectivity index (χ3v) is 9.27. The smallest absolute Gasteiger partial charge is 0.184 e. The van der Waals surface area contributed by atoms with E-state index >= 15 is 0 Å². The largest absolute Gasteiger partial charge is 0.388 e. The van der Waals surface area contributed by atoms with Crippen LogP contribution in [-0.2, 0) is 14.2 Å². The van der Waals surface area contributed by atoms with Crippen LogP contribution in [0, 0.1) is 12.7 Å². The van der Waals surface area contributed by atoms with Crippen molar-refractivity contribution >= 4 is 33.2 Å². The van der Waals surface area contributed by atoms with E-state index in [1.807, 2.05) is 55.5 Å². The molecule has 6 aromatic rings. The van der Waals surface area contributed by atoms with Gasteiger partial charge in [0, 0.05) is 11.1 Å². The quantitative estimate of drug-likeness (QED) is 0.263. The van der Waals surface area contributed by atoms with Gasteiger partial charge in [-0.15, -0.1) is 16.4 Å². The van der Waals surface area contributed by atoms with Crippen LogP contribution >= 0.6 is 22.9 Å². The third-order valence-electron chi connectivity index (χ3n) is 8.03. The molecule has 0 amide bonds. The number of halogens is 2. The van der Waals surface area contributed by atoms with Crippen molar-refractivity contribution in [3.63, 3.8) is 0 Å². The number of aliphatic hydroxyl groups excluding tert-OH is 1. The van der Waals surface area contributed by atoms with E-state index in [0.29, 0.717) is 17.1 Å². The van der Waals surface area contributed by atoms with Crippen molar-refractivity contribution in [2.75, 3.05) is 6.61 Å². The van der Waals surface area contributed by atoms with E-state index in [1.54, 1.807) is 33.0 Å². The van der Waals surface area contributed by atoms with Crippen LogP contribution < -0.4 is 0 Å². The standard InChI is InChI=1S/C31H25ClFN7O4S/c1-16-36-22-10-8-19(12-25(22)45-16)40-30(34-15-35-40)29-27(41)26(39-13-23(37-38-39)18-7-9-20(32)21(33)11-18)28-24(43-29)14-42-31(44-28)17-5-3-2-4-6-17/h2-13,15,24,26-29,31,41H,14H2,1H3/t24-,26-,27-,28+,29-,31?/m1/s1. The number of thiazole rings is 1. The molecule has 2 saturated heterocycles. The van der Waals surface area contributed by atoms with E-state index in [-0.39, 0.29) is 11.6 Å². The first kappa shape index (κ1) is 28.4. The second-order valence-corrected chi connectivity index (χ2v) is 12.5. The number of aromatic nitrogens is 7. The lowest BCUT2D eigenvalue weighted by molar-refractivity contribution is -0.319. The summed E-state index contributed by atoms with van der Waals surface area (Å²) in [5.74, 6) is -0.170. The van der Waals surface area contributed by atoms with Gasteiger partial charge in [0.15, 0.2) is 12.1 Å². The number of hydrogen-bond donors (Lipinski definition) is 1. The first-order valence-corrected chi connectivity index (χ1v) is 15.4. The molecule has 1 unspecified atom stereocenters. The molecule has 5 heterocycles. The molecule has 0 bridgehead atoms. The summed E-state index contributed by atoms with van der Waals surface area (Å²) in [5.41, 5.74) is 3.37. The minimum Gasteiger partial charge on any atom is -0.388 e. The SMILES string of the molecule is Cc1nc2ccc(-n3ncnc3[C@@H]3O[C@@H]4COC(c5ccccc5)O[C@@H]4[C@H](n4cc(-c5ccc(Cl)c(F)c5)nn4)[C@H]3O)cc2s1. The van der Waals surface area contributed by atoms with E-state index in [0.717, 1.165) is 26.5 Å². The van der Waals surface area contributed by atoms with Crippen LogP contribution in [0.15, 0.2) is 79.3 Å². The summed E-state index contributed by atoms with van der Waals surface area (Å²) in [6.45, 7) is 2.15. The van der Waals surface area contributed by atoms with Gasteiger partial charge in [0.1, 0.15) is 48.3 Å². The van der Waals surface area contributed by atoms with Crippen LogP contribution in [-0.4, -0.2) is 64.8 Å². The highest BCUT2D eigenvalue weighted by atomic mass is 35.5. The number of nitrogens with zero attached hydrogens (tertiary/aromatic N) is 7. The monoisotopic (exact) mass is 645 g/mol. The average Bonchev–Trinajstić information content (AvgIpc) is 3.81. The minimum atomic E-state index is -1.20. The van der Waals surface area contributed by atoms with Crippen LogP contribution in [0.25, 0.3) is 27.2 Å². The number of rotatable bonds is 5. The molecule has 2 aliphatic heterocycles. The number of aliphatic hydroxyl groups is 1. The topological polar surface area (TPSA) is 122 Å². The van der Waals surface area contributed by atoms with Crippen molar-refractivity contribution in [2.45, 2.75) is 43.7 Å². The van der Waals surface area contributed by atoms with Gasteiger partial charge in [0.25, 0.3) is 0 Å². The molecule has 3 aromatic carbocycles. The minimum absolute atomic E-state index is 0.00738. The maximum Gasteiger partial charge on any atom is 0.184 e. The van der Waals surface area contributed by atoms with E-state index in [4.69, 9.17) is 25.8 Å². The molecule has 0 spiro atoms. The van der Waals surface area contributed by atoms with Gasteiger partial charge in [-0.1, -0.05) is 53.2 Å². The summed E-state index contributed by atoms with van der Waals surface area (Å²) in [6.07, 6.45) is -1.02. The molecule has 8 rings (SSSR count). The Kier molecular flexibility index (Phi) is 7.16. The van der Waals surface area contributed by atoms with Crippen LogP contribution in [0.3, 0.4) is 0 Å². The van der Waals surface area contributed by atoms with Gasteiger partial charge in [-0.05, 0) is 37.3 Å². The molecular formula is C31H25ClFN7O4S. The van der Waals surface area contributed by atoms with Gasteiger partial charge in [-0.2, -0.15) is 5.10 Å². The van der Waals surface area contributed by atoms with Crippen molar-refractivity contribution in [3.05, 3.63) is 106 Å². The Balaban J connectivity index is 1.18. The van der Waals surface area contributed by atoms with Crippen molar-refractivity contribution in [1.82, 2.24) is 34.7 Å². The van der Waals surface area contributed by atoms with E-state index in [2.05, 4.69) is 25.4 Å². The fourth-order valence-corrected chi connectivity index (χ4v) is 6.90. The predicted octanol–water partition coefficient (Wildman–Crippen LogP) is 5.39. The van der Waals surface area contributed by atoms with Gasteiger partial charge < -0.3 is 19.3 Å². The molecule has 0 aliphatic carbocycles. The molecule has 3 aromatic heterocycles. The molecule has 45 heavy (non-hydrogen) atoms. The number of aryl methyl sites for hydroxylation is 1. The predicted molar refractivity (Wildman–Crippen MR) is 162 cm³/mol. The van der Waals surface area contributed by atoms with Crippen molar-refractivity contribution in [3.8, 4) is 16.9 Å². The third kappa shape index (κ3) is 5.11. The maximum atomic E-state index is 14.3. The molecule has 2 fully saturated rings. The zero-order valence-corrected chi connectivity index (χ0v) is 25.2. The fourth-order valence-electron chi connectivity index (χ4n) is 5.93. The Morgan fingerprint density at radius 3 is 2.78 bits per heavy atom. The Morgan fingerprint density at radius 1 is 1.07 bits per heavy atom. The van der Waals surface area contributed by atoms with E-state index in [9.17, 15) is 9.50 Å². The Hall–Kier alpha value is -4.11. The van der Waals surface area contributed by atoms with Gasteiger partial charge in [0.2, 0.25) is 0 Å². The van der Waals surface area contributed by atoms with Crippen LogP contribution in [0.2, 0.25) is 5.02 Å². The number of ether oxygens (including phenoxy) is 3. The molecular weight excluding hydrogens is 621 g/mol. The number of hydrogen-bond acceptors (Lipinski definition) is 10. The maximum absolute atomic E-state index is 14.3. The lowest BCUT2D eigenvalue weighted by Gasteiger charge is -2.47. The lowest BCUT2D eigenvalue weighted by atomic mass is 9.91. The van der Waals surface area contributed by atoms with Gasteiger partial charge in [0.05, 0.1) is 38.7 Å². The van der Waals surface area contributed by atoms with Gasteiger partial charge in [-0.3, -0.25) is 0 Å². The van der Waals surface area contributed by atoms with Crippen LogP contribution in [0.4, 0.5) is 4.39 Å². The van der Waals surface area contributed by atoms with Gasteiger partial charge in [-0.25, -0.2) is 23.7 Å². The molecule has 1 N–H and O–H groups in total. The first-order chi connectivity index (χ1) is 21.9. The van der Waals surface area contributed by atoms with Crippen molar-refractivity contribution in [2.24, 2.45) is 0 Å². The van der Waals surface area contributed by atoms with E-state index < -0.39 is 42.6 Å². The van der Waals surface area contributed by atoms with Gasteiger partial charge >= 0.3 is 0 Å². The zero-order valence-electron chi connectivity index (χ0n) is 23.6. The van der Waals surface area contributed by atoms with Crippen molar-refractivity contribution in [1.29, 1.82) is 0 Å². The summed E-state index contributed by atoms with van der Waals surface area (Å²) in [4.78, 5) is 9.07. The summed E-state index contributed by atoms with van der Waals surface area (Å²) in [5, 5.41) is 26.2. The molecule has 14 heteroatoms. The molecule has 228 valence electrons. The second-order valence-electron chi connectivity index (χ2n) is 10.9. The highest BCUT2D eigenvalue weighted by Crippen LogP contribution is 2.44. The zero-order chi connectivity index (χ0) is 30.7. The summed E-state index contributed by atoms with van der Waals surface area (Å²) in [7, 11) is 0. The molecule has 2 aliphatic rings. The first-order valence-electron chi connectivity index (χ1n) is 14.2. The van der Waals surface area contributed by atoms with Crippen LogP contribution in [0.1, 0.15) is 34.8 Å². The summed E-state index contributed by atoms with van der Waals surface area (Å²) >= 11 is 7.48. The second kappa shape index (κ2) is 11.4. The van der Waals surface area contributed by atoms with Crippen molar-refractivity contribution < 1.29 is 23.7 Å². The molecule has 0 radical (unpaired) electrons. The Morgan fingerprint density at radius 2 is 1.93 bits per heavy atom. The molecule has 11 nitrogen and oxygen atoms in total. The number of fused-ring (bicyclic) bond motifs is 2. The Labute approximate surface area is 264 Å². The normalized spacial score (nSPS) is 25.0. The molecule has 6 atom stereocenters. The fraction of sp³-hybridized carbons (Fsp3) is 0.258. The summed E-state index contributed by atoms with van der Waals surface area (Å²) in [6, 6.07) is 19.0. The van der Waals surface area contributed by atoms with Crippen LogP contribution in [0.5, 0.6) is 0 Å². The molecule has 0 saturated carbocycles. The Bertz CT molecular complexity index is 2000. The summed E-state index contributed by atoms with van der Waals surface area (Å²) < 4.78 is 37.6. The average molecular weight is 646 g/mol. The highest BCUT2D eigenvalue weighted by Gasteiger charge is 2.52. The van der Waals surface area contributed by atoms with E-state index in [1.165, 1.54) is 18.5 Å². The number of benzene rings is 3.